The molecule has 0 atom stereocenters. The molecule has 0 amide bonds. The lowest BCUT2D eigenvalue weighted by atomic mass is 10.4. The molecule has 0 unspecified atom stereocenters. The Kier molecular flexibility index (Phi) is 5.01. The number of nitrogens with one attached hydrogen (secondary N) is 1. The summed E-state index contributed by atoms with van der Waals surface area (Å²) in [7, 11) is 0. The standard InChI is InChI=1S/C13H23N3O2/c1-11(2)14-9-12-10-18-13(15-12)17-8-7-16-5-3-4-6-16/h10-11,14H,3-9H2,1-2H3. The smallest absolute Gasteiger partial charge is 0.393 e. The molecule has 2 heterocycles. The largest absolute Gasteiger partial charge is 0.449 e. The fourth-order valence-corrected chi connectivity index (χ4v) is 2.01. The van der Waals surface area contributed by atoms with Crippen LogP contribution in [-0.4, -0.2) is 42.2 Å². The lowest BCUT2D eigenvalue weighted by Crippen LogP contribution is -2.25. The van der Waals surface area contributed by atoms with Crippen molar-refractivity contribution < 1.29 is 9.15 Å². The van der Waals surface area contributed by atoms with Crippen LogP contribution in [0.2, 0.25) is 0 Å². The van der Waals surface area contributed by atoms with Crippen molar-refractivity contribution in [2.24, 2.45) is 0 Å². The van der Waals surface area contributed by atoms with Crippen molar-refractivity contribution >= 4 is 0 Å². The molecule has 0 aromatic carbocycles. The first-order valence-corrected chi connectivity index (χ1v) is 6.77. The van der Waals surface area contributed by atoms with E-state index in [-0.39, 0.29) is 0 Å². The zero-order chi connectivity index (χ0) is 12.8. The summed E-state index contributed by atoms with van der Waals surface area (Å²) in [4.78, 5) is 6.68. The fraction of sp³-hybridized carbons (Fsp3) is 0.769. The molecule has 1 saturated heterocycles. The van der Waals surface area contributed by atoms with E-state index in [9.17, 15) is 0 Å². The average Bonchev–Trinajstić information content (AvgIpc) is 2.97. The molecule has 0 saturated carbocycles. The van der Waals surface area contributed by atoms with Gasteiger partial charge in [0, 0.05) is 19.1 Å². The van der Waals surface area contributed by atoms with Crippen LogP contribution in [0.4, 0.5) is 0 Å². The zero-order valence-electron chi connectivity index (χ0n) is 11.3. The van der Waals surface area contributed by atoms with Gasteiger partial charge in [0.15, 0.2) is 0 Å². The molecular formula is C13H23N3O2. The summed E-state index contributed by atoms with van der Waals surface area (Å²) in [5.41, 5.74) is 0.889. The number of hydrogen-bond donors (Lipinski definition) is 1. The molecule has 5 heteroatoms. The molecule has 2 rings (SSSR count). The van der Waals surface area contributed by atoms with Gasteiger partial charge < -0.3 is 14.5 Å². The van der Waals surface area contributed by atoms with Gasteiger partial charge in [0.1, 0.15) is 12.9 Å². The highest BCUT2D eigenvalue weighted by Crippen LogP contribution is 2.11. The summed E-state index contributed by atoms with van der Waals surface area (Å²) in [5, 5.41) is 3.29. The van der Waals surface area contributed by atoms with Gasteiger partial charge in [0.2, 0.25) is 0 Å². The molecule has 5 nitrogen and oxygen atoms in total. The normalized spacial score (nSPS) is 16.6. The van der Waals surface area contributed by atoms with Crippen LogP contribution < -0.4 is 10.1 Å². The van der Waals surface area contributed by atoms with Crippen molar-refractivity contribution in [3.63, 3.8) is 0 Å². The summed E-state index contributed by atoms with van der Waals surface area (Å²) in [5.74, 6) is 0. The van der Waals surface area contributed by atoms with Crippen LogP contribution in [0, 0.1) is 0 Å². The molecule has 1 fully saturated rings. The Morgan fingerprint density at radius 3 is 2.94 bits per heavy atom. The maximum Gasteiger partial charge on any atom is 0.393 e. The lowest BCUT2D eigenvalue weighted by Gasteiger charge is -2.13. The SMILES string of the molecule is CC(C)NCc1coc(OCCN2CCCC2)n1. The molecule has 0 bridgehead atoms. The second-order valence-electron chi connectivity index (χ2n) is 5.04. The molecule has 0 aliphatic carbocycles. The molecule has 1 N–H and O–H groups in total. The predicted molar refractivity (Wildman–Crippen MR) is 69.6 cm³/mol. The third kappa shape index (κ3) is 4.31. The molecule has 1 aromatic heterocycles. The summed E-state index contributed by atoms with van der Waals surface area (Å²) in [6.45, 7) is 8.92. The highest BCUT2D eigenvalue weighted by Gasteiger charge is 2.11. The monoisotopic (exact) mass is 253 g/mol. The van der Waals surface area contributed by atoms with E-state index in [1.54, 1.807) is 6.26 Å². The number of hydrogen-bond acceptors (Lipinski definition) is 5. The first-order chi connectivity index (χ1) is 8.74. The number of nitrogens with zero attached hydrogens (tertiary/aromatic N) is 2. The van der Waals surface area contributed by atoms with Crippen molar-refractivity contribution in [1.82, 2.24) is 15.2 Å². The predicted octanol–water partition coefficient (Wildman–Crippen LogP) is 1.65. The molecule has 102 valence electrons. The number of ether oxygens (including phenoxy) is 1. The third-order valence-corrected chi connectivity index (χ3v) is 3.05. The van der Waals surface area contributed by atoms with Gasteiger partial charge in [-0.15, -0.1) is 0 Å². The van der Waals surface area contributed by atoms with Crippen molar-refractivity contribution in [3.8, 4) is 6.08 Å². The molecule has 0 radical (unpaired) electrons. The maximum atomic E-state index is 5.51. The summed E-state index contributed by atoms with van der Waals surface area (Å²) >= 11 is 0. The van der Waals surface area contributed by atoms with E-state index in [0.29, 0.717) is 18.7 Å². The van der Waals surface area contributed by atoms with Crippen molar-refractivity contribution in [2.75, 3.05) is 26.2 Å². The van der Waals surface area contributed by atoms with Gasteiger partial charge in [-0.05, 0) is 25.9 Å². The fourth-order valence-electron chi connectivity index (χ4n) is 2.01. The maximum absolute atomic E-state index is 5.51. The topological polar surface area (TPSA) is 50.5 Å². The quantitative estimate of drug-likeness (QED) is 0.800. The van der Waals surface area contributed by atoms with E-state index < -0.39 is 0 Å². The van der Waals surface area contributed by atoms with E-state index in [1.165, 1.54) is 25.9 Å². The van der Waals surface area contributed by atoms with E-state index in [4.69, 9.17) is 9.15 Å². The van der Waals surface area contributed by atoms with Gasteiger partial charge in [-0.2, -0.15) is 4.98 Å². The Hall–Kier alpha value is -1.07. The molecule has 18 heavy (non-hydrogen) atoms. The lowest BCUT2D eigenvalue weighted by molar-refractivity contribution is 0.191. The van der Waals surface area contributed by atoms with E-state index in [2.05, 4.69) is 29.0 Å². The van der Waals surface area contributed by atoms with Crippen LogP contribution in [0.15, 0.2) is 10.7 Å². The van der Waals surface area contributed by atoms with Gasteiger partial charge in [-0.1, -0.05) is 13.8 Å². The highest BCUT2D eigenvalue weighted by molar-refractivity contribution is 4.99. The van der Waals surface area contributed by atoms with Gasteiger partial charge in [0.05, 0.1) is 5.69 Å². The second kappa shape index (κ2) is 6.75. The minimum absolute atomic E-state index is 0.384. The number of aromatic nitrogens is 1. The van der Waals surface area contributed by atoms with Crippen LogP contribution in [0.1, 0.15) is 32.4 Å². The highest BCUT2D eigenvalue weighted by atomic mass is 16.6. The Labute approximate surface area is 109 Å². The molecule has 0 spiro atoms. The number of likely N-dealkylation sites (tertiary alicyclic amines) is 1. The first-order valence-electron chi connectivity index (χ1n) is 6.77. The zero-order valence-corrected chi connectivity index (χ0v) is 11.3. The van der Waals surface area contributed by atoms with Crippen LogP contribution in [0.25, 0.3) is 0 Å². The molecular weight excluding hydrogens is 230 g/mol. The minimum Gasteiger partial charge on any atom is -0.449 e. The van der Waals surface area contributed by atoms with Crippen LogP contribution in [0.5, 0.6) is 6.08 Å². The van der Waals surface area contributed by atoms with Gasteiger partial charge in [-0.3, -0.25) is 4.90 Å². The van der Waals surface area contributed by atoms with Crippen LogP contribution in [0.3, 0.4) is 0 Å². The average molecular weight is 253 g/mol. The first kappa shape index (κ1) is 13.4. The molecule has 1 aliphatic rings. The Bertz CT molecular complexity index is 346. The summed E-state index contributed by atoms with van der Waals surface area (Å²) < 4.78 is 10.8. The Morgan fingerprint density at radius 2 is 2.22 bits per heavy atom. The molecule has 1 aliphatic heterocycles. The summed E-state index contributed by atoms with van der Waals surface area (Å²) in [6.07, 6.45) is 4.66. The Morgan fingerprint density at radius 1 is 1.44 bits per heavy atom. The van der Waals surface area contributed by atoms with Crippen LogP contribution in [-0.2, 0) is 6.54 Å². The van der Waals surface area contributed by atoms with E-state index in [0.717, 1.165) is 18.8 Å². The summed E-state index contributed by atoms with van der Waals surface area (Å²) in [6, 6.07) is 0.446. The van der Waals surface area contributed by atoms with Gasteiger partial charge in [-0.25, -0.2) is 0 Å². The minimum atomic E-state index is 0.384. The number of oxazole rings is 1. The second-order valence-corrected chi connectivity index (χ2v) is 5.04. The van der Waals surface area contributed by atoms with Crippen molar-refractivity contribution in [2.45, 2.75) is 39.3 Å². The van der Waals surface area contributed by atoms with E-state index >= 15 is 0 Å². The van der Waals surface area contributed by atoms with Crippen molar-refractivity contribution in [3.05, 3.63) is 12.0 Å². The molecule has 1 aromatic rings. The van der Waals surface area contributed by atoms with Gasteiger partial charge >= 0.3 is 6.08 Å². The van der Waals surface area contributed by atoms with E-state index in [1.807, 2.05) is 0 Å². The van der Waals surface area contributed by atoms with Gasteiger partial charge in [0.25, 0.3) is 0 Å². The third-order valence-electron chi connectivity index (χ3n) is 3.05. The number of rotatable bonds is 7. The van der Waals surface area contributed by atoms with Crippen LogP contribution >= 0.6 is 0 Å². The van der Waals surface area contributed by atoms with Crippen molar-refractivity contribution in [1.29, 1.82) is 0 Å². The Balaban J connectivity index is 1.66.